The Morgan fingerprint density at radius 1 is 1.10 bits per heavy atom. The predicted molar refractivity (Wildman–Crippen MR) is 146 cm³/mol. The molecular formula is C30H29N3O7. The summed E-state index contributed by atoms with van der Waals surface area (Å²) < 4.78 is 23.0. The summed E-state index contributed by atoms with van der Waals surface area (Å²) in [5, 5.41) is 20.8. The molecule has 1 atom stereocenters. The van der Waals surface area contributed by atoms with Gasteiger partial charge in [0.2, 0.25) is 5.88 Å². The molecule has 0 bridgehead atoms. The molecule has 1 aliphatic rings. The molecule has 1 unspecified atom stereocenters. The monoisotopic (exact) mass is 543 g/mol. The Balaban J connectivity index is 1.63. The third kappa shape index (κ3) is 6.15. The van der Waals surface area contributed by atoms with Gasteiger partial charge in [0.05, 0.1) is 29.6 Å². The van der Waals surface area contributed by atoms with Gasteiger partial charge < -0.3 is 24.7 Å². The third-order valence-electron chi connectivity index (χ3n) is 6.27. The number of nitro groups is 1. The number of fused-ring (bicyclic) bond motifs is 1. The number of nitriles is 1. The SMILES string of the molecule is CCOc1cc(C2C(C#N)=C(N)Oc3cc(OC(=O)c4ccc([N+](=O)[O-])cc4)ccc32)ccc1OCCC(C)C. The van der Waals surface area contributed by atoms with Crippen molar-refractivity contribution in [3.8, 4) is 29.1 Å². The number of nitrogens with two attached hydrogens (primary N) is 1. The quantitative estimate of drug-likeness (QED) is 0.144. The fraction of sp³-hybridized carbons (Fsp3) is 0.267. The number of hydrogen-bond acceptors (Lipinski definition) is 9. The van der Waals surface area contributed by atoms with Gasteiger partial charge in [-0.05, 0) is 55.2 Å². The van der Waals surface area contributed by atoms with Gasteiger partial charge in [0.1, 0.15) is 23.1 Å². The predicted octanol–water partition coefficient (Wildman–Crippen LogP) is 5.86. The Kier molecular flexibility index (Phi) is 8.54. The number of hydrogen-bond donors (Lipinski definition) is 1. The first kappa shape index (κ1) is 28.0. The number of nitrogens with zero attached hydrogens (tertiary/aromatic N) is 2. The van der Waals surface area contributed by atoms with Crippen LogP contribution >= 0.6 is 0 Å². The summed E-state index contributed by atoms with van der Waals surface area (Å²) in [4.78, 5) is 22.9. The molecule has 0 saturated heterocycles. The van der Waals surface area contributed by atoms with E-state index >= 15 is 0 Å². The lowest BCUT2D eigenvalue weighted by atomic mass is 9.83. The number of esters is 1. The van der Waals surface area contributed by atoms with E-state index < -0.39 is 16.8 Å². The maximum atomic E-state index is 12.6. The normalized spacial score (nSPS) is 14.1. The van der Waals surface area contributed by atoms with Crippen molar-refractivity contribution in [2.75, 3.05) is 13.2 Å². The van der Waals surface area contributed by atoms with E-state index in [0.717, 1.165) is 12.0 Å². The van der Waals surface area contributed by atoms with Gasteiger partial charge in [-0.1, -0.05) is 26.0 Å². The molecule has 10 heteroatoms. The molecule has 0 fully saturated rings. The largest absolute Gasteiger partial charge is 0.490 e. The van der Waals surface area contributed by atoms with E-state index in [1.165, 1.54) is 30.3 Å². The number of carbonyl (C=O) groups excluding carboxylic acids is 1. The summed E-state index contributed by atoms with van der Waals surface area (Å²) in [5.41, 5.74) is 7.79. The summed E-state index contributed by atoms with van der Waals surface area (Å²) in [6, 6.07) is 17.6. The lowest BCUT2D eigenvalue weighted by molar-refractivity contribution is -0.384. The zero-order valence-corrected chi connectivity index (χ0v) is 22.4. The molecule has 3 aromatic rings. The van der Waals surface area contributed by atoms with Crippen molar-refractivity contribution < 1.29 is 28.7 Å². The van der Waals surface area contributed by atoms with E-state index in [-0.39, 0.29) is 28.5 Å². The average Bonchev–Trinajstić information content (AvgIpc) is 2.93. The van der Waals surface area contributed by atoms with E-state index in [1.54, 1.807) is 12.1 Å². The van der Waals surface area contributed by atoms with Crippen LogP contribution in [-0.2, 0) is 0 Å². The Bertz CT molecular complexity index is 1490. The molecule has 2 N–H and O–H groups in total. The van der Waals surface area contributed by atoms with Crippen molar-refractivity contribution in [3.05, 3.63) is 98.9 Å². The van der Waals surface area contributed by atoms with Crippen LogP contribution in [0.15, 0.2) is 72.1 Å². The zero-order chi connectivity index (χ0) is 28.8. The molecule has 0 aromatic heterocycles. The van der Waals surface area contributed by atoms with E-state index in [0.29, 0.717) is 41.9 Å². The van der Waals surface area contributed by atoms with Crippen LogP contribution in [0.2, 0.25) is 0 Å². The Morgan fingerprint density at radius 3 is 2.50 bits per heavy atom. The van der Waals surface area contributed by atoms with Crippen molar-refractivity contribution in [1.82, 2.24) is 0 Å². The van der Waals surface area contributed by atoms with Crippen molar-refractivity contribution in [2.24, 2.45) is 11.7 Å². The van der Waals surface area contributed by atoms with Gasteiger partial charge in [-0.15, -0.1) is 0 Å². The summed E-state index contributed by atoms with van der Waals surface area (Å²) in [5.74, 6) is 0.856. The van der Waals surface area contributed by atoms with Gasteiger partial charge in [0, 0.05) is 23.8 Å². The molecule has 10 nitrogen and oxygen atoms in total. The maximum Gasteiger partial charge on any atom is 0.343 e. The van der Waals surface area contributed by atoms with Crippen molar-refractivity contribution in [1.29, 1.82) is 5.26 Å². The minimum atomic E-state index is -0.696. The van der Waals surface area contributed by atoms with E-state index in [1.807, 2.05) is 25.1 Å². The highest BCUT2D eigenvalue weighted by molar-refractivity contribution is 5.91. The molecule has 3 aromatic carbocycles. The summed E-state index contributed by atoms with van der Waals surface area (Å²) in [6.45, 7) is 7.11. The van der Waals surface area contributed by atoms with Gasteiger partial charge in [0.25, 0.3) is 5.69 Å². The van der Waals surface area contributed by atoms with Gasteiger partial charge in [0.15, 0.2) is 11.5 Å². The first-order valence-electron chi connectivity index (χ1n) is 12.8. The molecule has 40 heavy (non-hydrogen) atoms. The van der Waals surface area contributed by atoms with E-state index in [9.17, 15) is 20.2 Å². The zero-order valence-electron chi connectivity index (χ0n) is 22.4. The van der Waals surface area contributed by atoms with Gasteiger partial charge >= 0.3 is 5.97 Å². The Morgan fingerprint density at radius 2 is 1.85 bits per heavy atom. The minimum Gasteiger partial charge on any atom is -0.490 e. The second-order valence-corrected chi connectivity index (χ2v) is 9.49. The molecule has 0 saturated carbocycles. The summed E-state index contributed by atoms with van der Waals surface area (Å²) in [6.07, 6.45) is 0.898. The fourth-order valence-electron chi connectivity index (χ4n) is 4.22. The molecule has 0 amide bonds. The smallest absolute Gasteiger partial charge is 0.343 e. The summed E-state index contributed by atoms with van der Waals surface area (Å²) in [7, 11) is 0. The number of allylic oxidation sites excluding steroid dienone is 1. The number of rotatable bonds is 10. The lowest BCUT2D eigenvalue weighted by Crippen LogP contribution is -2.21. The van der Waals surface area contributed by atoms with Crippen LogP contribution in [0.5, 0.6) is 23.0 Å². The first-order chi connectivity index (χ1) is 19.2. The molecule has 206 valence electrons. The first-order valence-corrected chi connectivity index (χ1v) is 12.8. The topological polar surface area (TPSA) is 147 Å². The second-order valence-electron chi connectivity index (χ2n) is 9.49. The van der Waals surface area contributed by atoms with Gasteiger partial charge in [-0.2, -0.15) is 5.26 Å². The fourth-order valence-corrected chi connectivity index (χ4v) is 4.22. The molecule has 0 spiro atoms. The average molecular weight is 544 g/mol. The lowest BCUT2D eigenvalue weighted by Gasteiger charge is -2.27. The Labute approximate surface area is 231 Å². The number of benzene rings is 3. The van der Waals surface area contributed by atoms with Crippen LogP contribution in [0.3, 0.4) is 0 Å². The molecule has 1 aliphatic heterocycles. The van der Waals surface area contributed by atoms with Crippen molar-refractivity contribution >= 4 is 11.7 Å². The standard InChI is InChI=1S/C30H29N3O7/c1-4-37-27-15-20(7-12-25(27)38-14-13-18(2)3)28-23-11-10-22(16-26(23)40-29(32)24(28)17-31)39-30(34)19-5-8-21(9-6-19)33(35)36/h5-12,15-16,18,28H,4,13-14,32H2,1-3H3. The van der Waals surface area contributed by atoms with Crippen LogP contribution in [0.4, 0.5) is 5.69 Å². The van der Waals surface area contributed by atoms with Crippen LogP contribution in [-0.4, -0.2) is 24.1 Å². The van der Waals surface area contributed by atoms with E-state index in [2.05, 4.69) is 19.9 Å². The molecular weight excluding hydrogens is 514 g/mol. The second kappa shape index (κ2) is 12.2. The van der Waals surface area contributed by atoms with Crippen molar-refractivity contribution in [2.45, 2.75) is 33.1 Å². The summed E-state index contributed by atoms with van der Waals surface area (Å²) >= 11 is 0. The molecule has 0 radical (unpaired) electrons. The molecule has 4 rings (SSSR count). The highest BCUT2D eigenvalue weighted by Crippen LogP contribution is 2.45. The minimum absolute atomic E-state index is 0.0611. The molecule has 0 aliphatic carbocycles. The van der Waals surface area contributed by atoms with Gasteiger partial charge in [-0.3, -0.25) is 10.1 Å². The Hall–Kier alpha value is -5.04. The number of nitro benzene ring substituents is 1. The highest BCUT2D eigenvalue weighted by atomic mass is 16.6. The number of carbonyl (C=O) groups is 1. The maximum absolute atomic E-state index is 12.6. The third-order valence-corrected chi connectivity index (χ3v) is 6.27. The van der Waals surface area contributed by atoms with Crippen LogP contribution in [0.25, 0.3) is 0 Å². The number of ether oxygens (including phenoxy) is 4. The van der Waals surface area contributed by atoms with Crippen LogP contribution in [0.1, 0.15) is 54.6 Å². The molecule has 1 heterocycles. The van der Waals surface area contributed by atoms with Crippen molar-refractivity contribution in [3.63, 3.8) is 0 Å². The highest BCUT2D eigenvalue weighted by Gasteiger charge is 2.32. The van der Waals surface area contributed by atoms with Gasteiger partial charge in [-0.25, -0.2) is 4.79 Å². The van der Waals surface area contributed by atoms with Crippen LogP contribution < -0.4 is 24.7 Å². The number of non-ortho nitro benzene ring substituents is 1. The van der Waals surface area contributed by atoms with E-state index in [4.69, 9.17) is 24.7 Å². The van der Waals surface area contributed by atoms with Crippen LogP contribution in [0, 0.1) is 27.4 Å².